The number of nitrogens with zero attached hydrogens (tertiary/aromatic N) is 1. The van der Waals surface area contributed by atoms with Crippen molar-refractivity contribution in [1.82, 2.24) is 0 Å². The Morgan fingerprint density at radius 1 is 1.12 bits per heavy atom. The lowest BCUT2D eigenvalue weighted by Crippen LogP contribution is -2.15. The van der Waals surface area contributed by atoms with E-state index in [0.717, 1.165) is 12.1 Å². The summed E-state index contributed by atoms with van der Waals surface area (Å²) in [6.07, 6.45) is 0. The Morgan fingerprint density at radius 2 is 1.76 bits per heavy atom. The molecule has 0 bridgehead atoms. The molecule has 0 heterocycles. The molecule has 2 aromatic carbocycles. The summed E-state index contributed by atoms with van der Waals surface area (Å²) in [6.45, 7) is 1.70. The molecule has 2 aromatic rings. The first-order valence-electron chi connectivity index (χ1n) is 6.89. The van der Waals surface area contributed by atoms with E-state index in [1.807, 2.05) is 0 Å². The Morgan fingerprint density at radius 3 is 2.32 bits per heavy atom. The smallest absolute Gasteiger partial charge is 0.271 e. The second-order valence-electron chi connectivity index (χ2n) is 5.00. The van der Waals surface area contributed by atoms with Gasteiger partial charge in [0.05, 0.1) is 24.8 Å². The highest BCUT2D eigenvalue weighted by Crippen LogP contribution is 2.35. The number of hydrogen-bond acceptors (Lipinski definition) is 6. The van der Waals surface area contributed by atoms with Crippen LogP contribution in [0.2, 0.25) is 5.02 Å². The van der Waals surface area contributed by atoms with Crippen molar-refractivity contribution in [3.63, 3.8) is 0 Å². The molecule has 0 spiro atoms. The van der Waals surface area contributed by atoms with Crippen LogP contribution >= 0.6 is 11.6 Å². The lowest BCUT2D eigenvalue weighted by Gasteiger charge is -2.15. The van der Waals surface area contributed by atoms with Gasteiger partial charge in [-0.15, -0.1) is 0 Å². The molecule has 0 fully saturated rings. The molecule has 10 heteroatoms. The number of nitro benzene ring substituents is 1. The third-order valence-electron chi connectivity index (χ3n) is 3.37. The van der Waals surface area contributed by atoms with E-state index in [0.29, 0.717) is 10.6 Å². The number of nitrogens with one attached hydrogen (secondary N) is 1. The molecule has 0 saturated heterocycles. The van der Waals surface area contributed by atoms with E-state index in [9.17, 15) is 18.5 Å². The van der Waals surface area contributed by atoms with Crippen molar-refractivity contribution in [3.05, 3.63) is 51.0 Å². The van der Waals surface area contributed by atoms with E-state index < -0.39 is 14.9 Å². The van der Waals surface area contributed by atoms with Gasteiger partial charge >= 0.3 is 0 Å². The second kappa shape index (κ2) is 7.16. The van der Waals surface area contributed by atoms with E-state index in [-0.39, 0.29) is 27.8 Å². The van der Waals surface area contributed by atoms with Gasteiger partial charge in [-0.2, -0.15) is 0 Å². The maximum Gasteiger partial charge on any atom is 0.271 e. The van der Waals surface area contributed by atoms with E-state index in [4.69, 9.17) is 21.1 Å². The molecule has 0 saturated carbocycles. The van der Waals surface area contributed by atoms with Crippen LogP contribution in [0.15, 0.2) is 35.2 Å². The summed E-state index contributed by atoms with van der Waals surface area (Å²) >= 11 is 6.00. The van der Waals surface area contributed by atoms with Crippen LogP contribution in [0.3, 0.4) is 0 Å². The molecule has 2 rings (SSSR count). The Balaban J connectivity index is 2.55. The third kappa shape index (κ3) is 3.94. The minimum atomic E-state index is -4.18. The third-order valence-corrected chi connectivity index (χ3v) is 5.17. The lowest BCUT2D eigenvalue weighted by atomic mass is 10.2. The summed E-state index contributed by atoms with van der Waals surface area (Å²) < 4.78 is 37.9. The monoisotopic (exact) mass is 386 g/mol. The molecule has 0 radical (unpaired) electrons. The number of methoxy groups -OCH3 is 2. The minimum Gasteiger partial charge on any atom is -0.495 e. The van der Waals surface area contributed by atoms with Crippen LogP contribution in [-0.4, -0.2) is 27.6 Å². The zero-order valence-corrected chi connectivity index (χ0v) is 15.1. The highest BCUT2D eigenvalue weighted by Gasteiger charge is 2.24. The van der Waals surface area contributed by atoms with Gasteiger partial charge in [-0.1, -0.05) is 11.6 Å². The maximum atomic E-state index is 12.7. The number of sulfonamides is 1. The van der Waals surface area contributed by atoms with Gasteiger partial charge in [0, 0.05) is 23.2 Å². The van der Waals surface area contributed by atoms with Gasteiger partial charge in [0.25, 0.3) is 15.7 Å². The summed E-state index contributed by atoms with van der Waals surface area (Å²) in [6, 6.07) is 6.28. The van der Waals surface area contributed by atoms with Crippen molar-refractivity contribution < 1.29 is 22.8 Å². The molecule has 134 valence electrons. The van der Waals surface area contributed by atoms with Crippen molar-refractivity contribution in [2.24, 2.45) is 0 Å². The average molecular weight is 387 g/mol. The normalized spacial score (nSPS) is 11.0. The van der Waals surface area contributed by atoms with Gasteiger partial charge in [0.2, 0.25) is 0 Å². The number of benzene rings is 2. The molecule has 25 heavy (non-hydrogen) atoms. The predicted molar refractivity (Wildman–Crippen MR) is 93.2 cm³/mol. The molecule has 0 aliphatic heterocycles. The number of nitro groups is 1. The zero-order chi connectivity index (χ0) is 18.8. The summed E-state index contributed by atoms with van der Waals surface area (Å²) in [7, 11) is -1.54. The van der Waals surface area contributed by atoms with Crippen LogP contribution in [0, 0.1) is 17.0 Å². The lowest BCUT2D eigenvalue weighted by molar-refractivity contribution is -0.385. The molecular weight excluding hydrogens is 372 g/mol. The standard InChI is InChI=1S/C15H15ClN2O6S/c1-9-6-12(14(24-3)8-11(9)16)17-25(21,22)15-7-10(18(19)20)4-5-13(15)23-2/h4-8,17H,1-3H3. The van der Waals surface area contributed by atoms with Gasteiger partial charge in [-0.05, 0) is 24.6 Å². The van der Waals surface area contributed by atoms with Crippen molar-refractivity contribution in [2.45, 2.75) is 11.8 Å². The molecule has 1 N–H and O–H groups in total. The topological polar surface area (TPSA) is 108 Å². The molecule has 0 atom stereocenters. The number of hydrogen-bond donors (Lipinski definition) is 1. The summed E-state index contributed by atoms with van der Waals surface area (Å²) in [4.78, 5) is 9.88. The van der Waals surface area contributed by atoms with Gasteiger partial charge in [0.1, 0.15) is 16.4 Å². The fraction of sp³-hybridized carbons (Fsp3) is 0.200. The number of aryl methyl sites for hydroxylation is 1. The highest BCUT2D eigenvalue weighted by atomic mass is 35.5. The van der Waals surface area contributed by atoms with Crippen molar-refractivity contribution >= 4 is 33.0 Å². The molecule has 0 amide bonds. The van der Waals surface area contributed by atoms with E-state index >= 15 is 0 Å². The molecule has 0 aliphatic rings. The summed E-state index contributed by atoms with van der Waals surface area (Å²) in [5, 5.41) is 11.3. The van der Waals surface area contributed by atoms with Crippen LogP contribution in [0.4, 0.5) is 11.4 Å². The van der Waals surface area contributed by atoms with Gasteiger partial charge in [0.15, 0.2) is 0 Å². The number of non-ortho nitro benzene ring substituents is 1. The predicted octanol–water partition coefficient (Wildman–Crippen LogP) is 3.37. The SMILES string of the molecule is COc1cc(Cl)c(C)cc1NS(=O)(=O)c1cc([N+](=O)[O-])ccc1OC. The molecular formula is C15H15ClN2O6S. The largest absolute Gasteiger partial charge is 0.495 e. The van der Waals surface area contributed by atoms with Crippen LogP contribution < -0.4 is 14.2 Å². The average Bonchev–Trinajstić information content (AvgIpc) is 2.56. The maximum absolute atomic E-state index is 12.7. The fourth-order valence-corrected chi connectivity index (χ4v) is 3.51. The van der Waals surface area contributed by atoms with E-state index in [1.54, 1.807) is 6.92 Å². The van der Waals surface area contributed by atoms with Crippen molar-refractivity contribution in [3.8, 4) is 11.5 Å². The van der Waals surface area contributed by atoms with Crippen LogP contribution in [0.25, 0.3) is 0 Å². The van der Waals surface area contributed by atoms with Gasteiger partial charge in [-0.25, -0.2) is 8.42 Å². The van der Waals surface area contributed by atoms with Crippen LogP contribution in [-0.2, 0) is 10.0 Å². The fourth-order valence-electron chi connectivity index (χ4n) is 2.10. The van der Waals surface area contributed by atoms with E-state index in [1.165, 1.54) is 32.4 Å². The first-order chi connectivity index (χ1) is 11.7. The zero-order valence-electron chi connectivity index (χ0n) is 13.6. The number of halogens is 1. The summed E-state index contributed by atoms with van der Waals surface area (Å²) in [5.74, 6) is 0.186. The van der Waals surface area contributed by atoms with Crippen LogP contribution in [0.5, 0.6) is 11.5 Å². The highest BCUT2D eigenvalue weighted by molar-refractivity contribution is 7.92. The Bertz CT molecular complexity index is 930. The molecule has 8 nitrogen and oxygen atoms in total. The molecule has 0 unspecified atom stereocenters. The van der Waals surface area contributed by atoms with Crippen molar-refractivity contribution in [1.29, 1.82) is 0 Å². The van der Waals surface area contributed by atoms with Gasteiger partial charge < -0.3 is 9.47 Å². The Hall–Kier alpha value is -2.52. The number of ether oxygens (including phenoxy) is 2. The Labute approximate surface area is 149 Å². The number of rotatable bonds is 6. The molecule has 0 aromatic heterocycles. The minimum absolute atomic E-state index is 0.0252. The summed E-state index contributed by atoms with van der Waals surface area (Å²) in [5.41, 5.74) is 0.407. The van der Waals surface area contributed by atoms with E-state index in [2.05, 4.69) is 4.72 Å². The molecule has 0 aliphatic carbocycles. The van der Waals surface area contributed by atoms with Crippen LogP contribution in [0.1, 0.15) is 5.56 Å². The Kier molecular flexibility index (Phi) is 5.39. The first kappa shape index (κ1) is 18.8. The number of anilines is 1. The quantitative estimate of drug-likeness (QED) is 0.602. The second-order valence-corrected chi connectivity index (χ2v) is 7.06. The van der Waals surface area contributed by atoms with Crippen molar-refractivity contribution in [2.75, 3.05) is 18.9 Å². The van der Waals surface area contributed by atoms with Gasteiger partial charge in [-0.3, -0.25) is 14.8 Å². The first-order valence-corrected chi connectivity index (χ1v) is 8.75.